The van der Waals surface area contributed by atoms with Gasteiger partial charge in [0.25, 0.3) is 0 Å². The molecule has 1 amide bonds. The van der Waals surface area contributed by atoms with Crippen molar-refractivity contribution in [2.24, 2.45) is 0 Å². The van der Waals surface area contributed by atoms with Crippen molar-refractivity contribution < 1.29 is 18.4 Å². The summed E-state index contributed by atoms with van der Waals surface area (Å²) < 4.78 is 27.8. The first kappa shape index (κ1) is 23.9. The van der Waals surface area contributed by atoms with E-state index in [1.165, 1.54) is 6.33 Å². The van der Waals surface area contributed by atoms with E-state index in [0.717, 1.165) is 18.8 Å². The van der Waals surface area contributed by atoms with E-state index in [9.17, 15) is 4.79 Å². The zero-order chi connectivity index (χ0) is 25.4. The second kappa shape index (κ2) is 9.30. The van der Waals surface area contributed by atoms with Crippen molar-refractivity contribution in [3.63, 3.8) is 0 Å². The Labute approximate surface area is 207 Å². The molecule has 0 aliphatic carbocycles. The summed E-state index contributed by atoms with van der Waals surface area (Å²) in [6.45, 7) is 10.5. The van der Waals surface area contributed by atoms with E-state index in [1.807, 2.05) is 33.0 Å². The molecular formula is C25H28FN7O3. The molecule has 0 bridgehead atoms. The lowest BCUT2D eigenvalue weighted by Crippen LogP contribution is -2.35. The quantitative estimate of drug-likeness (QED) is 0.451. The Bertz CT molecular complexity index is 1420. The number of amides is 1. The van der Waals surface area contributed by atoms with Gasteiger partial charge < -0.3 is 19.5 Å². The highest BCUT2D eigenvalue weighted by Gasteiger charge is 2.24. The average molecular weight is 494 g/mol. The second-order valence-electron chi connectivity index (χ2n) is 9.80. The molecule has 1 aliphatic heterocycles. The van der Waals surface area contributed by atoms with Gasteiger partial charge in [-0.2, -0.15) is 10.1 Å². The maximum atomic E-state index is 15.6. The minimum atomic E-state index is -0.511. The lowest BCUT2D eigenvalue weighted by atomic mass is 9.96. The van der Waals surface area contributed by atoms with Crippen LogP contribution in [0.2, 0.25) is 0 Å². The van der Waals surface area contributed by atoms with E-state index in [1.54, 1.807) is 23.6 Å². The monoisotopic (exact) mass is 493 g/mol. The first-order chi connectivity index (χ1) is 17.2. The van der Waals surface area contributed by atoms with E-state index in [0.29, 0.717) is 46.9 Å². The number of fused-ring (bicyclic) bond motifs is 1. The van der Waals surface area contributed by atoms with Gasteiger partial charge in [0, 0.05) is 30.6 Å². The van der Waals surface area contributed by atoms with Crippen LogP contribution in [0.5, 0.6) is 0 Å². The zero-order valence-electron chi connectivity index (χ0n) is 20.7. The zero-order valence-corrected chi connectivity index (χ0v) is 20.7. The molecule has 188 valence electrons. The number of carbonyl (C=O) groups excluding carboxylic acids is 1. The van der Waals surface area contributed by atoms with Crippen LogP contribution in [0, 0.1) is 12.7 Å². The maximum absolute atomic E-state index is 15.6. The summed E-state index contributed by atoms with van der Waals surface area (Å²) >= 11 is 0. The summed E-state index contributed by atoms with van der Waals surface area (Å²) in [6, 6.07) is 5.44. The molecular weight excluding hydrogens is 465 g/mol. The molecule has 0 spiro atoms. The number of ether oxygens (including phenoxy) is 1. The van der Waals surface area contributed by atoms with Gasteiger partial charge >= 0.3 is 11.8 Å². The molecule has 5 rings (SSSR count). The minimum absolute atomic E-state index is 0.112. The molecule has 4 heterocycles. The van der Waals surface area contributed by atoms with E-state index < -0.39 is 11.7 Å². The van der Waals surface area contributed by atoms with Crippen LogP contribution in [0.3, 0.4) is 0 Å². The summed E-state index contributed by atoms with van der Waals surface area (Å²) in [5.74, 6) is -0.590. The normalized spacial score (nSPS) is 14.4. The minimum Gasteiger partial charge on any atom is -0.378 e. The van der Waals surface area contributed by atoms with Crippen LogP contribution in [-0.2, 0) is 16.7 Å². The highest BCUT2D eigenvalue weighted by atomic mass is 19.1. The number of nitrogens with one attached hydrogen (secondary N) is 1. The Morgan fingerprint density at radius 3 is 2.72 bits per heavy atom. The van der Waals surface area contributed by atoms with Gasteiger partial charge in [-0.05, 0) is 30.2 Å². The molecule has 1 aromatic carbocycles. The Hall–Kier alpha value is -3.86. The number of hydrogen-bond acceptors (Lipinski definition) is 8. The molecule has 0 atom stereocenters. The molecule has 0 radical (unpaired) electrons. The molecule has 10 nitrogen and oxygen atoms in total. The van der Waals surface area contributed by atoms with Gasteiger partial charge in [-0.15, -0.1) is 0 Å². The van der Waals surface area contributed by atoms with Gasteiger partial charge in [0.15, 0.2) is 5.82 Å². The Morgan fingerprint density at radius 2 is 2.00 bits per heavy atom. The van der Waals surface area contributed by atoms with Gasteiger partial charge in [-0.1, -0.05) is 32.0 Å². The van der Waals surface area contributed by atoms with Crippen molar-refractivity contribution >= 4 is 17.1 Å². The van der Waals surface area contributed by atoms with Crippen molar-refractivity contribution in [2.45, 2.75) is 39.7 Å². The SMILES string of the molecule is Cc1c(CNC(=O)c2nc(C(C)(C)C)no2)ccc(-c2ncnn3cc(N4CCOCC4)cc23)c1F. The predicted octanol–water partition coefficient (Wildman–Crippen LogP) is 3.29. The number of anilines is 1. The molecule has 4 aromatic rings. The number of aromatic nitrogens is 5. The van der Waals surface area contributed by atoms with Gasteiger partial charge in [0.1, 0.15) is 17.8 Å². The maximum Gasteiger partial charge on any atom is 0.315 e. The molecule has 11 heteroatoms. The van der Waals surface area contributed by atoms with Crippen LogP contribution >= 0.6 is 0 Å². The van der Waals surface area contributed by atoms with Gasteiger partial charge in [-0.3, -0.25) is 4.79 Å². The number of nitrogens with zero attached hydrogens (tertiary/aromatic N) is 6. The fraction of sp³-hybridized carbons (Fsp3) is 0.400. The molecule has 0 saturated carbocycles. The summed E-state index contributed by atoms with van der Waals surface area (Å²) in [5, 5.41) is 10.9. The Kier molecular flexibility index (Phi) is 6.17. The van der Waals surface area contributed by atoms with E-state index in [-0.39, 0.29) is 17.9 Å². The number of hydrogen-bond donors (Lipinski definition) is 1. The van der Waals surface area contributed by atoms with E-state index in [2.05, 4.69) is 30.4 Å². The lowest BCUT2D eigenvalue weighted by Gasteiger charge is -2.27. The molecule has 36 heavy (non-hydrogen) atoms. The first-order valence-corrected chi connectivity index (χ1v) is 11.8. The molecule has 3 aromatic heterocycles. The third kappa shape index (κ3) is 4.53. The average Bonchev–Trinajstić information content (AvgIpc) is 3.53. The number of benzene rings is 1. The second-order valence-corrected chi connectivity index (χ2v) is 9.80. The Morgan fingerprint density at radius 1 is 1.22 bits per heavy atom. The van der Waals surface area contributed by atoms with Gasteiger partial charge in [-0.25, -0.2) is 13.9 Å². The molecule has 1 aliphatic rings. The molecule has 1 saturated heterocycles. The first-order valence-electron chi connectivity index (χ1n) is 11.8. The van der Waals surface area contributed by atoms with Crippen LogP contribution in [-0.4, -0.2) is 56.9 Å². The number of halogens is 1. The van der Waals surface area contributed by atoms with Crippen molar-refractivity contribution in [3.05, 3.63) is 59.4 Å². The van der Waals surface area contributed by atoms with Crippen LogP contribution in [0.15, 0.2) is 35.2 Å². The standard InChI is InChI=1S/C25H28FN7O3/c1-15-16(12-27-22(34)23-30-24(31-36-23)25(2,3)4)5-6-18(20(15)26)21-19-11-17(13-33(19)29-14-28-21)32-7-9-35-10-8-32/h5-6,11,13-14H,7-10,12H2,1-4H3,(H,27,34). The smallest absolute Gasteiger partial charge is 0.315 e. The van der Waals surface area contributed by atoms with Gasteiger partial charge in [0.2, 0.25) is 0 Å². The highest BCUT2D eigenvalue weighted by molar-refractivity contribution is 5.89. The summed E-state index contributed by atoms with van der Waals surface area (Å²) in [7, 11) is 0. The largest absolute Gasteiger partial charge is 0.378 e. The van der Waals surface area contributed by atoms with Gasteiger partial charge in [0.05, 0.1) is 30.6 Å². The number of morpholine rings is 1. The molecule has 0 unspecified atom stereocenters. The third-order valence-electron chi connectivity index (χ3n) is 6.25. The number of carbonyl (C=O) groups is 1. The van der Waals surface area contributed by atoms with Crippen LogP contribution < -0.4 is 10.2 Å². The van der Waals surface area contributed by atoms with Crippen LogP contribution in [0.25, 0.3) is 16.8 Å². The third-order valence-corrected chi connectivity index (χ3v) is 6.25. The van der Waals surface area contributed by atoms with Crippen LogP contribution in [0.1, 0.15) is 48.4 Å². The topological polar surface area (TPSA) is 111 Å². The molecule has 1 N–H and O–H groups in total. The summed E-state index contributed by atoms with van der Waals surface area (Å²) in [6.07, 6.45) is 3.34. The summed E-state index contributed by atoms with van der Waals surface area (Å²) in [4.78, 5) is 23.3. The lowest BCUT2D eigenvalue weighted by molar-refractivity contribution is 0.0906. The molecule has 1 fully saturated rings. The highest BCUT2D eigenvalue weighted by Crippen LogP contribution is 2.31. The van der Waals surface area contributed by atoms with Crippen molar-refractivity contribution in [3.8, 4) is 11.3 Å². The fourth-order valence-corrected chi connectivity index (χ4v) is 4.09. The van der Waals surface area contributed by atoms with Crippen molar-refractivity contribution in [1.29, 1.82) is 0 Å². The predicted molar refractivity (Wildman–Crippen MR) is 130 cm³/mol. The van der Waals surface area contributed by atoms with E-state index in [4.69, 9.17) is 9.26 Å². The van der Waals surface area contributed by atoms with Crippen molar-refractivity contribution in [1.82, 2.24) is 30.1 Å². The Balaban J connectivity index is 1.37. The summed E-state index contributed by atoms with van der Waals surface area (Å²) in [5.41, 5.74) is 3.29. The van der Waals surface area contributed by atoms with Crippen molar-refractivity contribution in [2.75, 3.05) is 31.2 Å². The number of rotatable bonds is 5. The van der Waals surface area contributed by atoms with E-state index >= 15 is 4.39 Å². The van der Waals surface area contributed by atoms with Crippen LogP contribution in [0.4, 0.5) is 10.1 Å². The fourth-order valence-electron chi connectivity index (χ4n) is 4.09.